The van der Waals surface area contributed by atoms with Crippen molar-refractivity contribution < 1.29 is 19.1 Å². The van der Waals surface area contributed by atoms with Crippen molar-refractivity contribution in [2.75, 3.05) is 45.7 Å². The van der Waals surface area contributed by atoms with Gasteiger partial charge in [0.2, 0.25) is 5.91 Å². The van der Waals surface area contributed by atoms with E-state index in [0.29, 0.717) is 49.8 Å². The molecule has 8 heteroatoms. The molecule has 0 atom stereocenters. The number of nitrogens with one attached hydrogen (secondary N) is 1. The number of nitrogens with zero attached hydrogens (tertiary/aromatic N) is 3. The molecule has 3 rings (SSSR count). The van der Waals surface area contributed by atoms with Crippen LogP contribution < -0.4 is 14.8 Å². The van der Waals surface area contributed by atoms with Crippen molar-refractivity contribution in [3.8, 4) is 11.5 Å². The highest BCUT2D eigenvalue weighted by Gasteiger charge is 2.23. The Morgan fingerprint density at radius 1 is 1.00 bits per heavy atom. The molecule has 8 nitrogen and oxygen atoms in total. The molecule has 29 heavy (non-hydrogen) atoms. The fourth-order valence-electron chi connectivity index (χ4n) is 3.26. The zero-order valence-electron chi connectivity index (χ0n) is 17.0. The Labute approximate surface area is 170 Å². The third-order valence-electron chi connectivity index (χ3n) is 4.94. The largest absolute Gasteiger partial charge is 0.493 e. The SMILES string of the molecule is COc1ccc(CNc2cncc(C(=O)N3CCN(C(C)=O)CC3)c2)cc1OC. The zero-order chi connectivity index (χ0) is 20.8. The summed E-state index contributed by atoms with van der Waals surface area (Å²) in [6, 6.07) is 7.51. The lowest BCUT2D eigenvalue weighted by Gasteiger charge is -2.34. The molecule has 1 saturated heterocycles. The molecule has 0 radical (unpaired) electrons. The van der Waals surface area contributed by atoms with Crippen molar-refractivity contribution in [2.45, 2.75) is 13.5 Å². The van der Waals surface area contributed by atoms with Crippen LogP contribution in [0.5, 0.6) is 11.5 Å². The van der Waals surface area contributed by atoms with Crippen molar-refractivity contribution in [3.63, 3.8) is 0 Å². The van der Waals surface area contributed by atoms with Gasteiger partial charge in [-0.3, -0.25) is 14.6 Å². The molecule has 154 valence electrons. The van der Waals surface area contributed by atoms with Crippen LogP contribution >= 0.6 is 0 Å². The maximum absolute atomic E-state index is 12.8. The number of carbonyl (C=O) groups excluding carboxylic acids is 2. The van der Waals surface area contributed by atoms with E-state index in [9.17, 15) is 9.59 Å². The van der Waals surface area contributed by atoms with Crippen molar-refractivity contribution in [3.05, 3.63) is 47.8 Å². The van der Waals surface area contributed by atoms with Gasteiger partial charge in [0, 0.05) is 52.0 Å². The number of hydrogen-bond acceptors (Lipinski definition) is 6. The van der Waals surface area contributed by atoms with Gasteiger partial charge in [-0.15, -0.1) is 0 Å². The van der Waals surface area contributed by atoms with Crippen LogP contribution in [0.4, 0.5) is 5.69 Å². The molecule has 2 amide bonds. The van der Waals surface area contributed by atoms with Crippen molar-refractivity contribution in [2.24, 2.45) is 0 Å². The molecule has 0 spiro atoms. The summed E-state index contributed by atoms with van der Waals surface area (Å²) >= 11 is 0. The molecule has 2 aromatic rings. The third kappa shape index (κ3) is 4.96. The first kappa shape index (κ1) is 20.4. The van der Waals surface area contributed by atoms with Crippen molar-refractivity contribution in [1.29, 1.82) is 0 Å². The minimum absolute atomic E-state index is 0.0418. The molecule has 2 heterocycles. The Morgan fingerprint density at radius 3 is 2.34 bits per heavy atom. The maximum atomic E-state index is 12.8. The second kappa shape index (κ2) is 9.27. The summed E-state index contributed by atoms with van der Waals surface area (Å²) in [6.45, 7) is 4.28. The molecular formula is C21H26N4O4. The number of carbonyl (C=O) groups is 2. The van der Waals surface area contributed by atoms with Gasteiger partial charge in [-0.1, -0.05) is 6.07 Å². The molecule has 1 aliphatic rings. The number of amides is 2. The number of benzene rings is 1. The standard InChI is InChI=1S/C21H26N4O4/c1-15(26)24-6-8-25(9-7-24)21(27)17-11-18(14-22-13-17)23-12-16-4-5-19(28-2)20(10-16)29-3/h4-5,10-11,13-14,23H,6-9,12H2,1-3H3. The number of piperazine rings is 1. The van der Waals surface area contributed by atoms with Crippen LogP contribution in [0.3, 0.4) is 0 Å². The van der Waals surface area contributed by atoms with Crippen LogP contribution in [0.2, 0.25) is 0 Å². The lowest BCUT2D eigenvalue weighted by Crippen LogP contribution is -2.50. The summed E-state index contributed by atoms with van der Waals surface area (Å²) in [6.07, 6.45) is 3.26. The Hall–Kier alpha value is -3.29. The molecule has 1 N–H and O–H groups in total. The van der Waals surface area contributed by atoms with E-state index in [2.05, 4.69) is 10.3 Å². The summed E-state index contributed by atoms with van der Waals surface area (Å²) in [5, 5.41) is 3.29. The normalized spacial score (nSPS) is 13.8. The number of rotatable bonds is 6. The molecule has 1 aromatic carbocycles. The minimum Gasteiger partial charge on any atom is -0.493 e. The summed E-state index contributed by atoms with van der Waals surface area (Å²) < 4.78 is 10.6. The van der Waals surface area contributed by atoms with Crippen LogP contribution in [-0.4, -0.2) is 67.0 Å². The number of anilines is 1. The van der Waals surface area contributed by atoms with E-state index in [-0.39, 0.29) is 11.8 Å². The minimum atomic E-state index is -0.0736. The number of pyridine rings is 1. The van der Waals surface area contributed by atoms with Crippen LogP contribution in [0.25, 0.3) is 0 Å². The molecule has 0 aliphatic carbocycles. The van der Waals surface area contributed by atoms with Gasteiger partial charge in [0.1, 0.15) is 0 Å². The van der Waals surface area contributed by atoms with E-state index in [1.807, 2.05) is 18.2 Å². The zero-order valence-corrected chi connectivity index (χ0v) is 17.0. The van der Waals surface area contributed by atoms with Gasteiger partial charge in [0.05, 0.1) is 25.5 Å². The Bertz CT molecular complexity index is 879. The fourth-order valence-corrected chi connectivity index (χ4v) is 3.26. The fraction of sp³-hybridized carbons (Fsp3) is 0.381. The van der Waals surface area contributed by atoms with Crippen LogP contribution in [0.15, 0.2) is 36.7 Å². The Kier molecular flexibility index (Phi) is 6.54. The number of ether oxygens (including phenoxy) is 2. The predicted octanol–water partition coefficient (Wildman–Crippen LogP) is 2.02. The highest BCUT2D eigenvalue weighted by molar-refractivity contribution is 5.95. The van der Waals surface area contributed by atoms with Gasteiger partial charge < -0.3 is 24.6 Å². The lowest BCUT2D eigenvalue weighted by molar-refractivity contribution is -0.130. The highest BCUT2D eigenvalue weighted by Crippen LogP contribution is 2.27. The maximum Gasteiger partial charge on any atom is 0.255 e. The first-order valence-electron chi connectivity index (χ1n) is 9.46. The molecule has 0 unspecified atom stereocenters. The predicted molar refractivity (Wildman–Crippen MR) is 109 cm³/mol. The number of hydrogen-bond donors (Lipinski definition) is 1. The lowest BCUT2D eigenvalue weighted by atomic mass is 10.2. The van der Waals surface area contributed by atoms with Crippen LogP contribution in [0.1, 0.15) is 22.8 Å². The quantitative estimate of drug-likeness (QED) is 0.802. The van der Waals surface area contributed by atoms with E-state index < -0.39 is 0 Å². The molecule has 1 aliphatic heterocycles. The van der Waals surface area contributed by atoms with E-state index in [1.54, 1.807) is 49.4 Å². The van der Waals surface area contributed by atoms with Gasteiger partial charge in [0.25, 0.3) is 5.91 Å². The smallest absolute Gasteiger partial charge is 0.255 e. The molecule has 1 aromatic heterocycles. The molecule has 0 saturated carbocycles. The topological polar surface area (TPSA) is 84.0 Å². The number of aromatic nitrogens is 1. The van der Waals surface area contributed by atoms with E-state index in [1.165, 1.54) is 0 Å². The summed E-state index contributed by atoms with van der Waals surface area (Å²) in [4.78, 5) is 31.9. The summed E-state index contributed by atoms with van der Waals surface area (Å²) in [5.41, 5.74) is 2.30. The third-order valence-corrected chi connectivity index (χ3v) is 4.94. The highest BCUT2D eigenvalue weighted by atomic mass is 16.5. The van der Waals surface area contributed by atoms with Crippen LogP contribution in [0, 0.1) is 0 Å². The average molecular weight is 398 g/mol. The van der Waals surface area contributed by atoms with Gasteiger partial charge in [0.15, 0.2) is 11.5 Å². The van der Waals surface area contributed by atoms with Crippen molar-refractivity contribution in [1.82, 2.24) is 14.8 Å². The number of methoxy groups -OCH3 is 2. The first-order chi connectivity index (χ1) is 14.0. The second-order valence-corrected chi connectivity index (χ2v) is 6.80. The Morgan fingerprint density at radius 2 is 1.69 bits per heavy atom. The first-order valence-corrected chi connectivity index (χ1v) is 9.46. The average Bonchev–Trinajstić information content (AvgIpc) is 2.77. The molecular weight excluding hydrogens is 372 g/mol. The van der Waals surface area contributed by atoms with Gasteiger partial charge >= 0.3 is 0 Å². The van der Waals surface area contributed by atoms with Gasteiger partial charge in [-0.05, 0) is 23.8 Å². The summed E-state index contributed by atoms with van der Waals surface area (Å²) in [5.74, 6) is 1.31. The van der Waals surface area contributed by atoms with E-state index in [0.717, 1.165) is 11.3 Å². The van der Waals surface area contributed by atoms with Crippen molar-refractivity contribution >= 4 is 17.5 Å². The molecule has 0 bridgehead atoms. The van der Waals surface area contributed by atoms with Crippen LogP contribution in [-0.2, 0) is 11.3 Å². The molecule has 1 fully saturated rings. The van der Waals surface area contributed by atoms with E-state index >= 15 is 0 Å². The Balaban J connectivity index is 1.62. The van der Waals surface area contributed by atoms with Gasteiger partial charge in [-0.2, -0.15) is 0 Å². The van der Waals surface area contributed by atoms with E-state index in [4.69, 9.17) is 9.47 Å². The summed E-state index contributed by atoms with van der Waals surface area (Å²) in [7, 11) is 3.20. The second-order valence-electron chi connectivity index (χ2n) is 6.80. The van der Waals surface area contributed by atoms with Gasteiger partial charge in [-0.25, -0.2) is 0 Å². The monoisotopic (exact) mass is 398 g/mol.